The first-order chi connectivity index (χ1) is 16.1. The molecular weight excluding hydrogens is 470 g/mol. The van der Waals surface area contributed by atoms with Crippen molar-refractivity contribution in [3.8, 4) is 0 Å². The van der Waals surface area contributed by atoms with Crippen molar-refractivity contribution in [3.63, 3.8) is 0 Å². The van der Waals surface area contributed by atoms with Gasteiger partial charge in [-0.05, 0) is 50.5 Å². The van der Waals surface area contributed by atoms with Crippen molar-refractivity contribution in [1.82, 2.24) is 4.90 Å². The number of thiocarbonyl (C=S) groups is 1. The van der Waals surface area contributed by atoms with Crippen LogP contribution in [0.2, 0.25) is 0 Å². The van der Waals surface area contributed by atoms with Crippen LogP contribution in [0.1, 0.15) is 46.1 Å². The van der Waals surface area contributed by atoms with Gasteiger partial charge in [0.2, 0.25) is 0 Å². The number of Topliss-reactive ketones (excluding diaryl/α,β-unsaturated/α-hetero) is 1. The molecule has 0 atom stereocenters. The van der Waals surface area contributed by atoms with Crippen LogP contribution in [0.5, 0.6) is 0 Å². The molecule has 0 aliphatic carbocycles. The van der Waals surface area contributed by atoms with Crippen molar-refractivity contribution in [2.75, 3.05) is 6.61 Å². The summed E-state index contributed by atoms with van der Waals surface area (Å²) in [5, 5.41) is 0. The van der Waals surface area contributed by atoms with Crippen LogP contribution in [-0.2, 0) is 23.9 Å². The van der Waals surface area contributed by atoms with E-state index in [4.69, 9.17) is 17.0 Å². The number of ketones is 2. The Balaban J connectivity index is 2.35. The van der Waals surface area contributed by atoms with Gasteiger partial charge in [-0.25, -0.2) is 4.79 Å². The van der Waals surface area contributed by atoms with E-state index in [1.807, 2.05) is 50.3 Å². The van der Waals surface area contributed by atoms with Crippen molar-refractivity contribution in [2.45, 2.75) is 40.5 Å². The molecule has 0 saturated carbocycles. The van der Waals surface area contributed by atoms with E-state index in [0.717, 1.165) is 40.4 Å². The van der Waals surface area contributed by atoms with Gasteiger partial charge in [0.15, 0.2) is 10.1 Å². The monoisotopic (exact) mass is 497 g/mol. The summed E-state index contributed by atoms with van der Waals surface area (Å²) in [4.78, 5) is 52.1. The number of carbonyl (C=O) groups is 4. The van der Waals surface area contributed by atoms with Crippen molar-refractivity contribution in [1.29, 1.82) is 0 Å². The minimum Gasteiger partial charge on any atom is -0.460 e. The fraction of sp³-hybridized carbons (Fsp3) is 0.269. The number of esters is 1. The largest absolute Gasteiger partial charge is 0.460 e. The zero-order valence-corrected chi connectivity index (χ0v) is 21.3. The van der Waals surface area contributed by atoms with Crippen LogP contribution in [0, 0.1) is 0 Å². The smallest absolute Gasteiger partial charge is 0.379 e. The first kappa shape index (κ1) is 27.1. The number of amides is 1. The minimum absolute atomic E-state index is 0.0714. The van der Waals surface area contributed by atoms with Gasteiger partial charge in [-0.2, -0.15) is 0 Å². The van der Waals surface area contributed by atoms with Crippen LogP contribution < -0.4 is 0 Å². The third-order valence-corrected chi connectivity index (χ3v) is 5.81. The topological polar surface area (TPSA) is 80.8 Å². The second-order valence-corrected chi connectivity index (χ2v) is 9.47. The molecule has 1 amide bonds. The van der Waals surface area contributed by atoms with E-state index < -0.39 is 29.0 Å². The molecule has 0 aromatic heterocycles. The van der Waals surface area contributed by atoms with Crippen LogP contribution in [0.15, 0.2) is 70.3 Å². The average molecular weight is 498 g/mol. The predicted octanol–water partition coefficient (Wildman–Crippen LogP) is 5.17. The lowest BCUT2D eigenvalue weighted by molar-refractivity contribution is -0.152. The fourth-order valence-electron chi connectivity index (χ4n) is 2.84. The quantitative estimate of drug-likeness (QED) is 0.0839. The number of benzene rings is 1. The summed E-state index contributed by atoms with van der Waals surface area (Å²) in [6.07, 6.45) is 7.25. The van der Waals surface area contributed by atoms with E-state index in [1.165, 1.54) is 6.08 Å². The first-order valence-electron chi connectivity index (χ1n) is 10.8. The maximum absolute atomic E-state index is 13.0. The Morgan fingerprint density at radius 2 is 1.79 bits per heavy atom. The summed E-state index contributed by atoms with van der Waals surface area (Å²) in [7, 11) is 0. The normalized spacial score (nSPS) is 15.5. The van der Waals surface area contributed by atoms with Gasteiger partial charge in [0, 0.05) is 6.20 Å². The van der Waals surface area contributed by atoms with Gasteiger partial charge in [-0.3, -0.25) is 19.3 Å². The highest BCUT2D eigenvalue weighted by molar-refractivity contribution is 8.26. The van der Waals surface area contributed by atoms with Gasteiger partial charge < -0.3 is 4.74 Å². The Morgan fingerprint density at radius 3 is 2.41 bits per heavy atom. The molecule has 1 aliphatic rings. The number of hydrogen-bond donors (Lipinski definition) is 0. The average Bonchev–Trinajstić information content (AvgIpc) is 3.03. The summed E-state index contributed by atoms with van der Waals surface area (Å²) >= 11 is 6.37. The maximum Gasteiger partial charge on any atom is 0.379 e. The molecule has 8 heteroatoms. The van der Waals surface area contributed by atoms with E-state index in [0.29, 0.717) is 16.9 Å². The number of allylic oxidation sites excluding steroid dienone is 4. The third kappa shape index (κ3) is 7.74. The number of rotatable bonds is 10. The van der Waals surface area contributed by atoms with Crippen molar-refractivity contribution >= 4 is 57.8 Å². The van der Waals surface area contributed by atoms with Crippen LogP contribution in [-0.4, -0.2) is 39.3 Å². The summed E-state index contributed by atoms with van der Waals surface area (Å²) in [6, 6.07) is 9.63. The summed E-state index contributed by atoms with van der Waals surface area (Å²) in [5.74, 6) is -3.43. The standard InChI is InChI=1S/C26H27NO5S2/c1-5-6-12-32-25(31)23(29)20(21(28)13-17(2)3)16-27-24(30)22(34-26(27)33)15-18(4)14-19-10-8-7-9-11-19/h7-11,13-16H,5-6,12H2,1-4H3/b18-14-,20-16-,22-15-. The molecule has 0 N–H and O–H groups in total. The minimum atomic E-state index is -1.14. The van der Waals surface area contributed by atoms with Crippen LogP contribution in [0.25, 0.3) is 6.08 Å². The molecule has 178 valence electrons. The molecule has 6 nitrogen and oxygen atoms in total. The second kappa shape index (κ2) is 13.0. The third-order valence-electron chi connectivity index (χ3n) is 4.48. The Bertz CT molecular complexity index is 1110. The number of hydrogen-bond acceptors (Lipinski definition) is 7. The number of thioether (sulfide) groups is 1. The van der Waals surface area contributed by atoms with Crippen molar-refractivity contribution < 1.29 is 23.9 Å². The molecule has 0 unspecified atom stereocenters. The van der Waals surface area contributed by atoms with Crippen molar-refractivity contribution in [2.24, 2.45) is 0 Å². The van der Waals surface area contributed by atoms with Gasteiger partial charge in [-0.15, -0.1) is 0 Å². The van der Waals surface area contributed by atoms with Gasteiger partial charge in [0.05, 0.1) is 17.1 Å². The summed E-state index contributed by atoms with van der Waals surface area (Å²) in [5.41, 5.74) is 1.97. The molecule has 2 rings (SSSR count). The summed E-state index contributed by atoms with van der Waals surface area (Å²) < 4.78 is 5.12. The van der Waals surface area contributed by atoms with E-state index >= 15 is 0 Å². The Labute approximate surface area is 209 Å². The highest BCUT2D eigenvalue weighted by atomic mass is 32.2. The first-order valence-corrected chi connectivity index (χ1v) is 12.0. The highest BCUT2D eigenvalue weighted by Gasteiger charge is 2.34. The van der Waals surface area contributed by atoms with Crippen LogP contribution in [0.3, 0.4) is 0 Å². The molecule has 0 spiro atoms. The Morgan fingerprint density at radius 1 is 1.12 bits per heavy atom. The lowest BCUT2D eigenvalue weighted by atomic mass is 10.1. The molecule has 0 bridgehead atoms. The second-order valence-electron chi connectivity index (χ2n) is 7.80. The lowest BCUT2D eigenvalue weighted by Crippen LogP contribution is -2.29. The Kier molecular flexibility index (Phi) is 10.3. The molecule has 1 heterocycles. The van der Waals surface area contributed by atoms with Crippen LogP contribution >= 0.6 is 24.0 Å². The zero-order valence-electron chi connectivity index (χ0n) is 19.6. The van der Waals surface area contributed by atoms with E-state index in [1.54, 1.807) is 19.9 Å². The number of ether oxygens (including phenoxy) is 1. The van der Waals surface area contributed by atoms with Gasteiger partial charge in [0.1, 0.15) is 0 Å². The molecule has 1 aromatic carbocycles. The lowest BCUT2D eigenvalue weighted by Gasteiger charge is -2.11. The zero-order chi connectivity index (χ0) is 25.3. The molecule has 1 fully saturated rings. The predicted molar refractivity (Wildman–Crippen MR) is 139 cm³/mol. The molecule has 1 saturated heterocycles. The SMILES string of the molecule is CCCCOC(=O)C(=O)/C(=C\N1C(=O)/C(=C/C(C)=C\c2ccccc2)SC1=S)C(=O)C=C(C)C. The van der Waals surface area contributed by atoms with Gasteiger partial charge in [0.25, 0.3) is 11.7 Å². The van der Waals surface area contributed by atoms with E-state index in [9.17, 15) is 19.2 Å². The maximum atomic E-state index is 13.0. The van der Waals surface area contributed by atoms with Crippen molar-refractivity contribution in [3.05, 3.63) is 75.9 Å². The highest BCUT2D eigenvalue weighted by Crippen LogP contribution is 2.33. The van der Waals surface area contributed by atoms with E-state index in [2.05, 4.69) is 0 Å². The molecular formula is C26H27NO5S2. The molecule has 34 heavy (non-hydrogen) atoms. The number of carbonyl (C=O) groups excluding carboxylic acids is 4. The number of unbranched alkanes of at least 4 members (excludes halogenated alkanes) is 1. The van der Waals surface area contributed by atoms with E-state index in [-0.39, 0.29) is 10.9 Å². The number of nitrogens with zero attached hydrogens (tertiary/aromatic N) is 1. The Hall–Kier alpha value is -3.10. The molecule has 0 radical (unpaired) electrons. The van der Waals surface area contributed by atoms with Gasteiger partial charge in [-0.1, -0.05) is 79.3 Å². The molecule has 1 aromatic rings. The summed E-state index contributed by atoms with van der Waals surface area (Å²) in [6.45, 7) is 7.21. The van der Waals surface area contributed by atoms with Gasteiger partial charge >= 0.3 is 5.97 Å². The fourth-order valence-corrected chi connectivity index (χ4v) is 4.10. The molecule has 1 aliphatic heterocycles. The van der Waals surface area contributed by atoms with Crippen LogP contribution in [0.4, 0.5) is 0 Å².